The summed E-state index contributed by atoms with van der Waals surface area (Å²) >= 11 is 1.47. The quantitative estimate of drug-likeness (QED) is 0.514. The number of carbonyl (C=O) groups excluding carboxylic acids is 2. The van der Waals surface area contributed by atoms with Crippen LogP contribution in [0.1, 0.15) is 26.3 Å². The normalized spacial score (nSPS) is 13.3. The number of para-hydroxylation sites is 1. The summed E-state index contributed by atoms with van der Waals surface area (Å²) in [6.07, 6.45) is 1.67. The smallest absolute Gasteiger partial charge is 0.261 e. The van der Waals surface area contributed by atoms with Crippen molar-refractivity contribution >= 4 is 23.6 Å². The number of aromatic nitrogens is 3. The molecule has 2 aromatic carbocycles. The number of nitrogens with zero attached hydrogens (tertiary/aromatic N) is 4. The van der Waals surface area contributed by atoms with Crippen LogP contribution in [0.3, 0.4) is 0 Å². The van der Waals surface area contributed by atoms with Gasteiger partial charge in [-0.3, -0.25) is 19.1 Å². The number of amides is 2. The fraction of sp³-hybridized carbons (Fsp3) is 0.158. The van der Waals surface area contributed by atoms with Gasteiger partial charge >= 0.3 is 0 Å². The van der Waals surface area contributed by atoms with E-state index < -0.39 is 0 Å². The number of hydrogen-bond donors (Lipinski definition) is 0. The predicted molar refractivity (Wildman–Crippen MR) is 98.6 cm³/mol. The van der Waals surface area contributed by atoms with E-state index in [2.05, 4.69) is 10.2 Å². The largest absolute Gasteiger partial charge is 0.276 e. The molecular formula is C19H16N4O2S. The van der Waals surface area contributed by atoms with Crippen LogP contribution in [0.5, 0.6) is 0 Å². The SMILES string of the molecule is Cc1ccccc1-n1cnnc1SCCN1C(=O)c2ccccc2C1=O. The first kappa shape index (κ1) is 16.5. The van der Waals surface area contributed by atoms with Crippen molar-refractivity contribution in [2.45, 2.75) is 12.1 Å². The minimum Gasteiger partial charge on any atom is -0.276 e. The number of aryl methyl sites for hydroxylation is 1. The van der Waals surface area contributed by atoms with Gasteiger partial charge in [0.05, 0.1) is 16.8 Å². The molecule has 1 aromatic heterocycles. The Kier molecular flexibility index (Phi) is 4.30. The highest BCUT2D eigenvalue weighted by molar-refractivity contribution is 7.99. The van der Waals surface area contributed by atoms with Crippen LogP contribution < -0.4 is 0 Å². The summed E-state index contributed by atoms with van der Waals surface area (Å²) < 4.78 is 1.92. The Morgan fingerprint density at radius 1 is 0.962 bits per heavy atom. The van der Waals surface area contributed by atoms with Gasteiger partial charge in [0.1, 0.15) is 6.33 Å². The zero-order chi connectivity index (χ0) is 18.1. The minimum absolute atomic E-state index is 0.230. The lowest BCUT2D eigenvalue weighted by Crippen LogP contribution is -2.31. The molecule has 6 nitrogen and oxygen atoms in total. The maximum atomic E-state index is 12.4. The topological polar surface area (TPSA) is 68.1 Å². The van der Waals surface area contributed by atoms with Gasteiger partial charge in [-0.05, 0) is 30.7 Å². The summed E-state index contributed by atoms with van der Waals surface area (Å²) in [5.74, 6) is 0.0916. The number of hydrogen-bond acceptors (Lipinski definition) is 5. The molecule has 2 heterocycles. The number of benzene rings is 2. The van der Waals surface area contributed by atoms with Crippen molar-refractivity contribution in [2.75, 3.05) is 12.3 Å². The van der Waals surface area contributed by atoms with Gasteiger partial charge < -0.3 is 0 Å². The molecule has 1 aliphatic heterocycles. The molecule has 0 N–H and O–H groups in total. The Morgan fingerprint density at radius 3 is 2.31 bits per heavy atom. The van der Waals surface area contributed by atoms with Crippen LogP contribution in [-0.4, -0.2) is 43.8 Å². The van der Waals surface area contributed by atoms with Crippen molar-refractivity contribution in [1.82, 2.24) is 19.7 Å². The van der Waals surface area contributed by atoms with E-state index >= 15 is 0 Å². The van der Waals surface area contributed by atoms with Gasteiger partial charge in [0, 0.05) is 12.3 Å². The molecule has 1 aliphatic rings. The summed E-state index contributed by atoms with van der Waals surface area (Å²) in [6.45, 7) is 2.36. The fourth-order valence-corrected chi connectivity index (χ4v) is 3.84. The number of rotatable bonds is 5. The molecule has 0 bridgehead atoms. The second-order valence-electron chi connectivity index (χ2n) is 5.93. The summed E-state index contributed by atoms with van der Waals surface area (Å²) in [6, 6.07) is 14.9. The van der Waals surface area contributed by atoms with Crippen molar-refractivity contribution in [3.63, 3.8) is 0 Å². The van der Waals surface area contributed by atoms with E-state index in [0.717, 1.165) is 16.4 Å². The molecule has 130 valence electrons. The first-order valence-corrected chi connectivity index (χ1v) is 9.19. The van der Waals surface area contributed by atoms with E-state index in [-0.39, 0.29) is 11.8 Å². The summed E-state index contributed by atoms with van der Waals surface area (Å²) in [7, 11) is 0. The Hall–Kier alpha value is -2.93. The zero-order valence-electron chi connectivity index (χ0n) is 14.1. The highest BCUT2D eigenvalue weighted by Crippen LogP contribution is 2.25. The summed E-state index contributed by atoms with van der Waals surface area (Å²) in [4.78, 5) is 26.1. The molecule has 7 heteroatoms. The van der Waals surface area contributed by atoms with E-state index in [4.69, 9.17) is 0 Å². The van der Waals surface area contributed by atoms with E-state index in [1.54, 1.807) is 30.6 Å². The van der Waals surface area contributed by atoms with Crippen molar-refractivity contribution in [3.8, 4) is 5.69 Å². The monoisotopic (exact) mass is 364 g/mol. The maximum Gasteiger partial charge on any atom is 0.261 e. The highest BCUT2D eigenvalue weighted by Gasteiger charge is 2.34. The average molecular weight is 364 g/mol. The lowest BCUT2D eigenvalue weighted by atomic mass is 10.1. The maximum absolute atomic E-state index is 12.4. The third-order valence-electron chi connectivity index (χ3n) is 4.32. The van der Waals surface area contributed by atoms with E-state index in [9.17, 15) is 9.59 Å². The summed E-state index contributed by atoms with van der Waals surface area (Å²) in [5, 5.41) is 8.89. The van der Waals surface area contributed by atoms with Gasteiger partial charge in [0.15, 0.2) is 5.16 Å². The van der Waals surface area contributed by atoms with Crippen LogP contribution in [0.15, 0.2) is 60.0 Å². The van der Waals surface area contributed by atoms with Crippen LogP contribution in [0, 0.1) is 6.92 Å². The number of imide groups is 1. The Morgan fingerprint density at radius 2 is 1.62 bits per heavy atom. The lowest BCUT2D eigenvalue weighted by Gasteiger charge is -2.13. The van der Waals surface area contributed by atoms with Gasteiger partial charge in [-0.1, -0.05) is 42.1 Å². The first-order valence-electron chi connectivity index (χ1n) is 8.21. The Bertz CT molecular complexity index is 963. The lowest BCUT2D eigenvalue weighted by molar-refractivity contribution is 0.0664. The standard InChI is InChI=1S/C19H16N4O2S/c1-13-6-2-5-9-16(13)23-12-20-21-19(23)26-11-10-22-17(24)14-7-3-4-8-15(14)18(22)25/h2-9,12H,10-11H2,1H3. The third kappa shape index (κ3) is 2.80. The van der Waals surface area contributed by atoms with Crippen molar-refractivity contribution in [1.29, 1.82) is 0 Å². The van der Waals surface area contributed by atoms with Gasteiger partial charge in [0.25, 0.3) is 11.8 Å². The number of fused-ring (bicyclic) bond motifs is 1. The van der Waals surface area contributed by atoms with Crippen molar-refractivity contribution in [2.24, 2.45) is 0 Å². The molecule has 0 unspecified atom stereocenters. The molecule has 0 saturated heterocycles. The highest BCUT2D eigenvalue weighted by atomic mass is 32.2. The van der Waals surface area contributed by atoms with Gasteiger partial charge in [-0.15, -0.1) is 10.2 Å². The molecule has 0 atom stereocenters. The van der Waals surface area contributed by atoms with Crippen molar-refractivity contribution in [3.05, 3.63) is 71.5 Å². The molecule has 2 amide bonds. The van der Waals surface area contributed by atoms with Gasteiger partial charge in [0.2, 0.25) is 0 Å². The molecule has 0 radical (unpaired) electrons. The van der Waals surface area contributed by atoms with Crippen LogP contribution in [0.25, 0.3) is 5.69 Å². The fourth-order valence-electron chi connectivity index (χ4n) is 2.99. The van der Waals surface area contributed by atoms with E-state index in [1.807, 2.05) is 35.8 Å². The Balaban J connectivity index is 1.46. The summed E-state index contributed by atoms with van der Waals surface area (Å²) in [5.41, 5.74) is 3.09. The molecule has 4 rings (SSSR count). The van der Waals surface area contributed by atoms with Crippen LogP contribution >= 0.6 is 11.8 Å². The van der Waals surface area contributed by atoms with Crippen molar-refractivity contribution < 1.29 is 9.59 Å². The molecule has 26 heavy (non-hydrogen) atoms. The zero-order valence-corrected chi connectivity index (χ0v) is 14.9. The third-order valence-corrected chi connectivity index (χ3v) is 5.24. The molecule has 0 spiro atoms. The van der Waals surface area contributed by atoms with Crippen LogP contribution in [0.2, 0.25) is 0 Å². The van der Waals surface area contributed by atoms with E-state index in [1.165, 1.54) is 16.7 Å². The minimum atomic E-state index is -0.230. The number of thioether (sulfide) groups is 1. The Labute approximate surface area is 154 Å². The average Bonchev–Trinajstić information content (AvgIpc) is 3.21. The second kappa shape index (κ2) is 6.76. The predicted octanol–water partition coefficient (Wildman–Crippen LogP) is 2.96. The second-order valence-corrected chi connectivity index (χ2v) is 6.99. The number of carbonyl (C=O) groups is 2. The molecule has 0 aliphatic carbocycles. The van der Waals surface area contributed by atoms with Gasteiger partial charge in [-0.25, -0.2) is 0 Å². The molecular weight excluding hydrogens is 348 g/mol. The first-order chi connectivity index (χ1) is 12.7. The van der Waals surface area contributed by atoms with Gasteiger partial charge in [-0.2, -0.15) is 0 Å². The van der Waals surface area contributed by atoms with Crippen LogP contribution in [-0.2, 0) is 0 Å². The molecule has 0 fully saturated rings. The van der Waals surface area contributed by atoms with E-state index in [0.29, 0.717) is 23.4 Å². The molecule has 0 saturated carbocycles. The van der Waals surface area contributed by atoms with Crippen LogP contribution in [0.4, 0.5) is 0 Å². The molecule has 3 aromatic rings.